The second-order valence-corrected chi connectivity index (χ2v) is 11.0. The number of morpholine rings is 1. The highest BCUT2D eigenvalue weighted by Crippen LogP contribution is 2.36. The van der Waals surface area contributed by atoms with Crippen LogP contribution in [0.15, 0.2) is 40.6 Å². The minimum atomic E-state index is -3.63. The fourth-order valence-corrected chi connectivity index (χ4v) is 6.86. The lowest BCUT2D eigenvalue weighted by molar-refractivity contribution is -0.121. The van der Waals surface area contributed by atoms with Gasteiger partial charge in [-0.15, -0.1) is 11.3 Å². The van der Waals surface area contributed by atoms with E-state index >= 15 is 0 Å². The van der Waals surface area contributed by atoms with Gasteiger partial charge in [-0.2, -0.15) is 4.31 Å². The Bertz CT molecular complexity index is 1020. The number of nitrogens with one attached hydrogen (secondary N) is 1. The zero-order valence-electron chi connectivity index (χ0n) is 17.9. The summed E-state index contributed by atoms with van der Waals surface area (Å²) in [5.74, 6) is -0.123. The molecule has 2 aliphatic rings. The number of anilines is 1. The fraction of sp³-hybridized carbons (Fsp3) is 0.500. The molecule has 7 nitrogen and oxygen atoms in total. The Morgan fingerprint density at radius 2 is 2.00 bits per heavy atom. The number of nitrogens with zero attached hydrogens (tertiary/aromatic N) is 2. The second kappa shape index (κ2) is 9.38. The van der Waals surface area contributed by atoms with Crippen molar-refractivity contribution >= 4 is 33.0 Å². The monoisotopic (exact) mass is 463 g/mol. The molecule has 0 bridgehead atoms. The fourth-order valence-electron chi connectivity index (χ4n) is 4.32. The molecule has 3 heterocycles. The Balaban J connectivity index is 1.50. The quantitative estimate of drug-likeness (QED) is 0.712. The van der Waals surface area contributed by atoms with Crippen molar-refractivity contribution in [1.82, 2.24) is 9.21 Å². The molecule has 9 heteroatoms. The van der Waals surface area contributed by atoms with Gasteiger partial charge in [-0.05, 0) is 62.4 Å². The molecule has 0 radical (unpaired) electrons. The van der Waals surface area contributed by atoms with Crippen LogP contribution in [0.5, 0.6) is 0 Å². The third-order valence-corrected chi connectivity index (χ3v) is 9.10. The molecule has 1 aromatic carbocycles. The van der Waals surface area contributed by atoms with Gasteiger partial charge in [0.1, 0.15) is 0 Å². The van der Waals surface area contributed by atoms with Crippen LogP contribution in [0.2, 0.25) is 0 Å². The number of thiophene rings is 1. The van der Waals surface area contributed by atoms with E-state index in [1.54, 1.807) is 36.5 Å². The zero-order chi connectivity index (χ0) is 22.0. The van der Waals surface area contributed by atoms with Crippen LogP contribution in [0, 0.1) is 6.92 Å². The Morgan fingerprint density at radius 3 is 2.71 bits per heavy atom. The van der Waals surface area contributed by atoms with Crippen molar-refractivity contribution in [3.05, 3.63) is 46.2 Å². The molecule has 1 N–H and O–H groups in total. The molecule has 0 spiro atoms. The van der Waals surface area contributed by atoms with Crippen molar-refractivity contribution in [2.45, 2.75) is 43.7 Å². The first-order valence-electron chi connectivity index (χ1n) is 10.7. The van der Waals surface area contributed by atoms with E-state index in [0.29, 0.717) is 37.6 Å². The lowest BCUT2D eigenvalue weighted by atomic mass is 10.1. The van der Waals surface area contributed by atoms with Gasteiger partial charge in [0.15, 0.2) is 0 Å². The van der Waals surface area contributed by atoms with Crippen LogP contribution in [0.4, 0.5) is 5.69 Å². The molecule has 2 saturated heterocycles. The summed E-state index contributed by atoms with van der Waals surface area (Å²) in [4.78, 5) is 16.8. The molecule has 0 unspecified atom stereocenters. The van der Waals surface area contributed by atoms with E-state index in [2.05, 4.69) is 21.7 Å². The van der Waals surface area contributed by atoms with Gasteiger partial charge in [-0.1, -0.05) is 12.1 Å². The number of sulfonamides is 1. The smallest absolute Gasteiger partial charge is 0.243 e. The van der Waals surface area contributed by atoms with Crippen molar-refractivity contribution in [2.75, 3.05) is 38.2 Å². The normalized spacial score (nSPS) is 21.8. The molecule has 31 heavy (non-hydrogen) atoms. The zero-order valence-corrected chi connectivity index (χ0v) is 19.5. The van der Waals surface area contributed by atoms with Crippen LogP contribution in [-0.4, -0.2) is 62.4 Å². The third-order valence-electron chi connectivity index (χ3n) is 6.09. The summed E-state index contributed by atoms with van der Waals surface area (Å²) in [6.07, 6.45) is 2.11. The number of hydrogen-bond donors (Lipinski definition) is 1. The summed E-state index contributed by atoms with van der Waals surface area (Å²) >= 11 is 1.72. The van der Waals surface area contributed by atoms with E-state index in [0.717, 1.165) is 19.4 Å². The van der Waals surface area contributed by atoms with E-state index in [9.17, 15) is 13.2 Å². The molecular weight excluding hydrogens is 434 g/mol. The number of rotatable bonds is 6. The third kappa shape index (κ3) is 4.70. The number of amides is 1. The minimum absolute atomic E-state index is 0.123. The molecule has 4 rings (SSSR count). The highest BCUT2D eigenvalue weighted by atomic mass is 32.2. The highest BCUT2D eigenvalue weighted by molar-refractivity contribution is 7.89. The molecule has 2 aliphatic heterocycles. The van der Waals surface area contributed by atoms with Gasteiger partial charge in [0, 0.05) is 29.7 Å². The molecule has 2 atom stereocenters. The van der Waals surface area contributed by atoms with Crippen molar-refractivity contribution in [1.29, 1.82) is 0 Å². The van der Waals surface area contributed by atoms with Crippen molar-refractivity contribution in [2.24, 2.45) is 0 Å². The predicted molar refractivity (Wildman–Crippen MR) is 122 cm³/mol. The summed E-state index contributed by atoms with van der Waals surface area (Å²) in [7, 11) is -3.63. The van der Waals surface area contributed by atoms with Gasteiger partial charge in [0.05, 0.1) is 24.2 Å². The standard InChI is InChI=1S/C22H29N3O4S2/c1-16-7-8-18(15-21(16)31(27,28)24-10-12-29-13-11-24)23-22(26)17(2)25-9-3-5-19(25)20-6-4-14-30-20/h4,6-8,14-15,17,19H,3,5,9-13H2,1-2H3,(H,23,26)/t17-,19+/m0/s1. The Hall–Kier alpha value is -1.78. The Kier molecular flexibility index (Phi) is 6.78. The van der Waals surface area contributed by atoms with Crippen LogP contribution in [0.25, 0.3) is 0 Å². The van der Waals surface area contributed by atoms with Gasteiger partial charge < -0.3 is 10.1 Å². The number of ether oxygens (including phenoxy) is 1. The maximum atomic E-state index is 13.1. The van der Waals surface area contributed by atoms with E-state index in [1.807, 2.05) is 13.0 Å². The van der Waals surface area contributed by atoms with Gasteiger partial charge in [-0.3, -0.25) is 9.69 Å². The van der Waals surface area contributed by atoms with Crippen LogP contribution in [0.1, 0.15) is 36.2 Å². The average molecular weight is 464 g/mol. The summed E-state index contributed by atoms with van der Waals surface area (Å²) in [5, 5.41) is 5.01. The van der Waals surface area contributed by atoms with Crippen molar-refractivity contribution in [3.63, 3.8) is 0 Å². The summed E-state index contributed by atoms with van der Waals surface area (Å²) in [6.45, 7) is 6.05. The first-order chi connectivity index (χ1) is 14.9. The summed E-state index contributed by atoms with van der Waals surface area (Å²) < 4.78 is 33.0. The first-order valence-corrected chi connectivity index (χ1v) is 13.0. The van der Waals surface area contributed by atoms with Gasteiger partial charge in [0.25, 0.3) is 0 Å². The van der Waals surface area contributed by atoms with Crippen LogP contribution in [-0.2, 0) is 19.6 Å². The topological polar surface area (TPSA) is 79.0 Å². The lowest BCUT2D eigenvalue weighted by Gasteiger charge is -2.29. The maximum Gasteiger partial charge on any atom is 0.243 e. The summed E-state index contributed by atoms with van der Waals surface area (Å²) in [6, 6.07) is 9.21. The van der Waals surface area contributed by atoms with Gasteiger partial charge in [-0.25, -0.2) is 8.42 Å². The van der Waals surface area contributed by atoms with Crippen molar-refractivity contribution < 1.29 is 17.9 Å². The van der Waals surface area contributed by atoms with Crippen LogP contribution in [0.3, 0.4) is 0 Å². The first kappa shape index (κ1) is 22.4. The van der Waals surface area contributed by atoms with E-state index in [-0.39, 0.29) is 22.9 Å². The van der Waals surface area contributed by atoms with Gasteiger partial charge >= 0.3 is 0 Å². The Morgan fingerprint density at radius 1 is 1.23 bits per heavy atom. The number of carbonyl (C=O) groups is 1. The second-order valence-electron chi connectivity index (χ2n) is 8.07. The highest BCUT2D eigenvalue weighted by Gasteiger charge is 2.34. The number of hydrogen-bond acceptors (Lipinski definition) is 6. The van der Waals surface area contributed by atoms with Crippen molar-refractivity contribution in [3.8, 4) is 0 Å². The summed E-state index contributed by atoms with van der Waals surface area (Å²) in [5.41, 5.74) is 1.16. The largest absolute Gasteiger partial charge is 0.379 e. The molecular formula is C22H29N3O4S2. The number of benzene rings is 1. The van der Waals surface area contributed by atoms with Crippen LogP contribution < -0.4 is 5.32 Å². The van der Waals surface area contributed by atoms with Gasteiger partial charge in [0.2, 0.25) is 15.9 Å². The number of likely N-dealkylation sites (tertiary alicyclic amines) is 1. The molecule has 168 valence electrons. The van der Waals surface area contributed by atoms with E-state index < -0.39 is 10.0 Å². The number of carbonyl (C=O) groups excluding carboxylic acids is 1. The predicted octanol–water partition coefficient (Wildman–Crippen LogP) is 3.24. The molecule has 0 saturated carbocycles. The molecule has 1 aromatic heterocycles. The molecule has 1 amide bonds. The SMILES string of the molecule is Cc1ccc(NC(=O)[C@H](C)N2CCC[C@@H]2c2cccs2)cc1S(=O)(=O)N1CCOCC1. The minimum Gasteiger partial charge on any atom is -0.379 e. The molecule has 2 aromatic rings. The molecule has 0 aliphatic carbocycles. The number of aryl methyl sites for hydroxylation is 1. The molecule has 2 fully saturated rings. The van der Waals surface area contributed by atoms with E-state index in [4.69, 9.17) is 4.74 Å². The van der Waals surface area contributed by atoms with Crippen LogP contribution >= 0.6 is 11.3 Å². The lowest BCUT2D eigenvalue weighted by Crippen LogP contribution is -2.41. The van der Waals surface area contributed by atoms with E-state index in [1.165, 1.54) is 9.18 Å². The maximum absolute atomic E-state index is 13.1. The average Bonchev–Trinajstić information content (AvgIpc) is 3.46. The Labute approximate surface area is 188 Å².